The molecule has 0 saturated heterocycles. The van der Waals surface area contributed by atoms with Crippen molar-refractivity contribution in [1.29, 1.82) is 0 Å². The molecule has 0 unspecified atom stereocenters. The lowest BCUT2D eigenvalue weighted by Gasteiger charge is -2.22. The summed E-state index contributed by atoms with van der Waals surface area (Å²) < 4.78 is 4.62. The molecule has 0 rings (SSSR count). The van der Waals surface area contributed by atoms with E-state index in [4.69, 9.17) is 0 Å². The zero-order valence-electron chi connectivity index (χ0n) is 8.35. The van der Waals surface area contributed by atoms with Crippen LogP contribution in [0.3, 0.4) is 0 Å². The third-order valence-electron chi connectivity index (χ3n) is 1.98. The van der Waals surface area contributed by atoms with Crippen LogP contribution in [-0.2, 0) is 9.53 Å². The van der Waals surface area contributed by atoms with Gasteiger partial charge in [0.25, 0.3) is 0 Å². The van der Waals surface area contributed by atoms with Gasteiger partial charge in [0.15, 0.2) is 0 Å². The summed E-state index contributed by atoms with van der Waals surface area (Å²) >= 11 is 0. The number of hydrogen-bond acceptors (Lipinski definition) is 2. The van der Waals surface area contributed by atoms with Crippen molar-refractivity contribution in [2.75, 3.05) is 6.61 Å². The van der Waals surface area contributed by atoms with Crippen molar-refractivity contribution in [1.82, 2.24) is 0 Å². The summed E-state index contributed by atoms with van der Waals surface area (Å²) in [6.45, 7) is 8.36. The molecule has 2 heteroatoms. The molecule has 0 aromatic rings. The normalized spacial score (nSPS) is 11.2. The standard InChI is InChI=1S/C10H19O2/c1-4-5-6-7-10(2,3)8-12-9-11/h4-8H2,1-3H3. The maximum absolute atomic E-state index is 9.83. The van der Waals surface area contributed by atoms with Crippen LogP contribution in [0.4, 0.5) is 0 Å². The van der Waals surface area contributed by atoms with Gasteiger partial charge in [-0.2, -0.15) is 0 Å². The number of unbranched alkanes of at least 4 members (excludes halogenated alkanes) is 2. The van der Waals surface area contributed by atoms with E-state index in [1.807, 2.05) is 0 Å². The van der Waals surface area contributed by atoms with Crippen molar-refractivity contribution in [2.24, 2.45) is 5.41 Å². The van der Waals surface area contributed by atoms with Gasteiger partial charge in [-0.1, -0.05) is 40.0 Å². The molecule has 0 aliphatic rings. The van der Waals surface area contributed by atoms with Gasteiger partial charge in [0.2, 0.25) is 0 Å². The van der Waals surface area contributed by atoms with E-state index >= 15 is 0 Å². The molecule has 0 spiro atoms. The van der Waals surface area contributed by atoms with Crippen molar-refractivity contribution in [3.05, 3.63) is 0 Å². The van der Waals surface area contributed by atoms with Crippen LogP contribution in [-0.4, -0.2) is 13.1 Å². The van der Waals surface area contributed by atoms with Crippen molar-refractivity contribution in [3.63, 3.8) is 0 Å². The molecule has 0 bridgehead atoms. The molecule has 2 nitrogen and oxygen atoms in total. The molecule has 0 saturated carbocycles. The summed E-state index contributed by atoms with van der Waals surface area (Å²) in [5.41, 5.74) is 0.118. The molecule has 0 aliphatic heterocycles. The molecule has 1 radical (unpaired) electrons. The minimum absolute atomic E-state index is 0.118. The molecular weight excluding hydrogens is 152 g/mol. The fraction of sp³-hybridized carbons (Fsp3) is 0.900. The van der Waals surface area contributed by atoms with Crippen LogP contribution in [0.5, 0.6) is 0 Å². The Hall–Kier alpha value is -0.530. The number of rotatable bonds is 7. The molecule has 0 aromatic carbocycles. The number of ether oxygens (including phenoxy) is 1. The highest BCUT2D eigenvalue weighted by atomic mass is 16.5. The second-order valence-electron chi connectivity index (χ2n) is 3.99. The van der Waals surface area contributed by atoms with Crippen molar-refractivity contribution in [2.45, 2.75) is 46.5 Å². The van der Waals surface area contributed by atoms with Crippen molar-refractivity contribution >= 4 is 6.47 Å². The second-order valence-corrected chi connectivity index (χ2v) is 3.99. The minimum atomic E-state index is 0.118. The average molecular weight is 171 g/mol. The first-order chi connectivity index (χ1) is 5.62. The Bertz CT molecular complexity index is 119. The smallest absolute Gasteiger partial charge is 0.417 e. The Morgan fingerprint density at radius 1 is 1.33 bits per heavy atom. The largest absolute Gasteiger partial charge is 0.457 e. The van der Waals surface area contributed by atoms with Gasteiger partial charge in [0.1, 0.15) is 0 Å². The van der Waals surface area contributed by atoms with Crippen LogP contribution in [0.2, 0.25) is 0 Å². The van der Waals surface area contributed by atoms with E-state index in [-0.39, 0.29) is 5.41 Å². The molecule has 71 valence electrons. The van der Waals surface area contributed by atoms with Crippen molar-refractivity contribution in [3.8, 4) is 0 Å². The molecule has 0 atom stereocenters. The van der Waals surface area contributed by atoms with Gasteiger partial charge >= 0.3 is 6.47 Å². The fourth-order valence-electron chi connectivity index (χ4n) is 1.15. The maximum Gasteiger partial charge on any atom is 0.417 e. The first-order valence-corrected chi connectivity index (χ1v) is 4.61. The number of carbonyl (C=O) groups excluding carboxylic acids is 1. The van der Waals surface area contributed by atoms with E-state index in [2.05, 4.69) is 25.5 Å². The Labute approximate surface area is 75.3 Å². The van der Waals surface area contributed by atoms with Crippen LogP contribution in [0.1, 0.15) is 46.5 Å². The van der Waals surface area contributed by atoms with E-state index < -0.39 is 0 Å². The maximum atomic E-state index is 9.83. The minimum Gasteiger partial charge on any atom is -0.457 e. The Morgan fingerprint density at radius 2 is 2.00 bits per heavy atom. The van der Waals surface area contributed by atoms with Crippen LogP contribution in [0.15, 0.2) is 0 Å². The topological polar surface area (TPSA) is 26.3 Å². The summed E-state index contributed by atoms with van der Waals surface area (Å²) in [6, 6.07) is 0. The van der Waals surface area contributed by atoms with E-state index in [1.165, 1.54) is 25.7 Å². The van der Waals surface area contributed by atoms with Gasteiger partial charge in [0.05, 0.1) is 6.61 Å². The Balaban J connectivity index is 3.48. The van der Waals surface area contributed by atoms with E-state index in [1.54, 1.807) is 0 Å². The zero-order valence-corrected chi connectivity index (χ0v) is 8.35. The van der Waals surface area contributed by atoms with Crippen LogP contribution in [0.25, 0.3) is 0 Å². The third-order valence-corrected chi connectivity index (χ3v) is 1.98. The lowest BCUT2D eigenvalue weighted by atomic mass is 9.88. The monoisotopic (exact) mass is 171 g/mol. The highest BCUT2D eigenvalue weighted by molar-refractivity contribution is 5.38. The van der Waals surface area contributed by atoms with Gasteiger partial charge in [-0.3, -0.25) is 0 Å². The summed E-state index contributed by atoms with van der Waals surface area (Å²) in [7, 11) is 0. The fourth-order valence-corrected chi connectivity index (χ4v) is 1.15. The van der Waals surface area contributed by atoms with Gasteiger partial charge in [-0.25, -0.2) is 4.79 Å². The zero-order chi connectivity index (χ0) is 9.45. The van der Waals surface area contributed by atoms with E-state index in [0.717, 1.165) is 6.42 Å². The lowest BCUT2D eigenvalue weighted by Crippen LogP contribution is -2.18. The average Bonchev–Trinajstić information content (AvgIpc) is 2.01. The SMILES string of the molecule is CCCCCC(C)(C)CO[C]=O. The molecule has 0 amide bonds. The summed E-state index contributed by atoms with van der Waals surface area (Å²) in [4.78, 5) is 9.83. The van der Waals surface area contributed by atoms with Gasteiger partial charge in [-0.05, 0) is 11.8 Å². The van der Waals surface area contributed by atoms with Crippen LogP contribution < -0.4 is 0 Å². The van der Waals surface area contributed by atoms with E-state index in [0.29, 0.717) is 6.61 Å². The van der Waals surface area contributed by atoms with Gasteiger partial charge in [0, 0.05) is 0 Å². The second kappa shape index (κ2) is 6.04. The summed E-state index contributed by atoms with van der Waals surface area (Å²) in [6.07, 6.45) is 4.82. The lowest BCUT2D eigenvalue weighted by molar-refractivity contribution is 0.150. The molecule has 0 aliphatic carbocycles. The molecule has 0 aromatic heterocycles. The molecule has 0 N–H and O–H groups in total. The predicted octanol–water partition coefficient (Wildman–Crippen LogP) is 2.68. The van der Waals surface area contributed by atoms with E-state index in [9.17, 15) is 4.79 Å². The molecule has 12 heavy (non-hydrogen) atoms. The molecular formula is C10H19O2. The third kappa shape index (κ3) is 6.20. The number of hydrogen-bond donors (Lipinski definition) is 0. The highest BCUT2D eigenvalue weighted by Gasteiger charge is 2.17. The Kier molecular flexibility index (Phi) is 5.77. The van der Waals surface area contributed by atoms with Gasteiger partial charge in [-0.15, -0.1) is 0 Å². The summed E-state index contributed by atoms with van der Waals surface area (Å²) in [5, 5.41) is 0. The molecule has 0 fully saturated rings. The predicted molar refractivity (Wildman–Crippen MR) is 49.6 cm³/mol. The van der Waals surface area contributed by atoms with Gasteiger partial charge < -0.3 is 4.74 Å². The summed E-state index contributed by atoms with van der Waals surface area (Å²) in [5.74, 6) is 0. The van der Waals surface area contributed by atoms with Crippen LogP contribution in [0, 0.1) is 5.41 Å². The van der Waals surface area contributed by atoms with Crippen molar-refractivity contribution < 1.29 is 9.53 Å². The Morgan fingerprint density at radius 3 is 2.50 bits per heavy atom. The molecule has 0 heterocycles. The van der Waals surface area contributed by atoms with Crippen LogP contribution >= 0.6 is 0 Å². The quantitative estimate of drug-likeness (QED) is 0.550. The first kappa shape index (κ1) is 11.5. The first-order valence-electron chi connectivity index (χ1n) is 4.61. The highest BCUT2D eigenvalue weighted by Crippen LogP contribution is 2.23.